The van der Waals surface area contributed by atoms with Gasteiger partial charge >= 0.3 is 0 Å². The van der Waals surface area contributed by atoms with Crippen LogP contribution in [-0.4, -0.2) is 16.7 Å². The summed E-state index contributed by atoms with van der Waals surface area (Å²) in [5.74, 6) is 0.00889. The molecule has 0 radical (unpaired) electrons. The van der Waals surface area contributed by atoms with Gasteiger partial charge in [0.25, 0.3) is 5.91 Å². The number of nitrogens with one attached hydrogen (secondary N) is 1. The maximum absolute atomic E-state index is 11.2. The summed E-state index contributed by atoms with van der Waals surface area (Å²) in [5, 5.41) is 3.58. The van der Waals surface area contributed by atoms with E-state index in [2.05, 4.69) is 15.5 Å². The molecule has 13 heavy (non-hydrogen) atoms. The summed E-state index contributed by atoms with van der Waals surface area (Å²) in [6, 6.07) is 3.19. The SMILES string of the molecule is C/C(N)=N/NC(=O)c1ccncc1. The highest BCUT2D eigenvalue weighted by molar-refractivity contribution is 5.94. The number of nitrogens with zero attached hydrogens (tertiary/aromatic N) is 2. The predicted octanol–water partition coefficient (Wildman–Crippen LogP) is 0.103. The number of hydrazone groups is 1. The average Bonchev–Trinajstić information content (AvgIpc) is 2.15. The molecule has 0 aliphatic carbocycles. The van der Waals surface area contributed by atoms with Gasteiger partial charge in [-0.3, -0.25) is 9.78 Å². The van der Waals surface area contributed by atoms with Gasteiger partial charge < -0.3 is 5.73 Å². The molecule has 5 heteroatoms. The Balaban J connectivity index is 2.65. The molecule has 1 rings (SSSR count). The Bertz CT molecular complexity index is 316. The van der Waals surface area contributed by atoms with Gasteiger partial charge in [0.1, 0.15) is 5.84 Å². The van der Waals surface area contributed by atoms with E-state index in [0.29, 0.717) is 11.4 Å². The standard InChI is InChI=1S/C8H10N4O/c1-6(9)11-12-8(13)7-2-4-10-5-3-7/h2-5H,1H3,(H2,9,11)(H,12,13). The van der Waals surface area contributed by atoms with E-state index in [-0.39, 0.29) is 5.91 Å². The number of amides is 1. The first-order chi connectivity index (χ1) is 6.20. The van der Waals surface area contributed by atoms with Crippen molar-refractivity contribution in [3.8, 4) is 0 Å². The number of carbonyl (C=O) groups is 1. The van der Waals surface area contributed by atoms with Gasteiger partial charge in [0.05, 0.1) is 0 Å². The van der Waals surface area contributed by atoms with Gasteiger partial charge in [0.2, 0.25) is 0 Å². The molecule has 0 aromatic carbocycles. The highest BCUT2D eigenvalue weighted by Gasteiger charge is 2.01. The molecule has 1 aromatic heterocycles. The quantitative estimate of drug-likeness (QED) is 0.383. The normalized spacial score (nSPS) is 11.0. The zero-order valence-corrected chi connectivity index (χ0v) is 7.19. The van der Waals surface area contributed by atoms with Gasteiger partial charge in [-0.25, -0.2) is 5.43 Å². The smallest absolute Gasteiger partial charge is 0.271 e. The summed E-state index contributed by atoms with van der Waals surface area (Å²) in [6.07, 6.45) is 3.07. The molecule has 3 N–H and O–H groups in total. The molecule has 1 aromatic rings. The monoisotopic (exact) mass is 178 g/mol. The second-order valence-corrected chi connectivity index (χ2v) is 2.43. The van der Waals surface area contributed by atoms with Crippen LogP contribution in [-0.2, 0) is 0 Å². The fraction of sp³-hybridized carbons (Fsp3) is 0.125. The van der Waals surface area contributed by atoms with Crippen molar-refractivity contribution in [2.45, 2.75) is 6.92 Å². The van der Waals surface area contributed by atoms with Crippen LogP contribution in [0.5, 0.6) is 0 Å². The second kappa shape index (κ2) is 4.20. The zero-order chi connectivity index (χ0) is 9.68. The van der Waals surface area contributed by atoms with Crippen LogP contribution in [0.4, 0.5) is 0 Å². The van der Waals surface area contributed by atoms with Gasteiger partial charge in [0.15, 0.2) is 0 Å². The Morgan fingerprint density at radius 1 is 1.54 bits per heavy atom. The molecule has 0 aliphatic heterocycles. The van der Waals surface area contributed by atoms with E-state index < -0.39 is 0 Å². The predicted molar refractivity (Wildman–Crippen MR) is 49.0 cm³/mol. The van der Waals surface area contributed by atoms with Gasteiger partial charge in [-0.1, -0.05) is 0 Å². The lowest BCUT2D eigenvalue weighted by molar-refractivity contribution is 0.0954. The van der Waals surface area contributed by atoms with E-state index >= 15 is 0 Å². The van der Waals surface area contributed by atoms with E-state index in [1.54, 1.807) is 19.1 Å². The number of carbonyl (C=O) groups excluding carboxylic acids is 1. The maximum Gasteiger partial charge on any atom is 0.271 e. The van der Waals surface area contributed by atoms with Gasteiger partial charge in [-0.2, -0.15) is 5.10 Å². The fourth-order valence-electron chi connectivity index (χ4n) is 0.707. The molecule has 1 heterocycles. The van der Waals surface area contributed by atoms with Crippen LogP contribution in [0.3, 0.4) is 0 Å². The molecule has 0 atom stereocenters. The minimum absolute atomic E-state index is 0.299. The van der Waals surface area contributed by atoms with Crippen molar-refractivity contribution in [3.63, 3.8) is 0 Å². The number of aromatic nitrogens is 1. The van der Waals surface area contributed by atoms with Gasteiger partial charge in [-0.05, 0) is 19.1 Å². The Kier molecular flexibility index (Phi) is 2.97. The Labute approximate surface area is 75.7 Å². The summed E-state index contributed by atoms with van der Waals surface area (Å²) in [7, 11) is 0. The second-order valence-electron chi connectivity index (χ2n) is 2.43. The molecule has 68 valence electrons. The fourth-order valence-corrected chi connectivity index (χ4v) is 0.707. The summed E-state index contributed by atoms with van der Waals surface area (Å²) >= 11 is 0. The van der Waals surface area contributed by atoms with Crippen molar-refractivity contribution in [2.24, 2.45) is 10.8 Å². The van der Waals surface area contributed by atoms with Crippen LogP contribution < -0.4 is 11.2 Å². The van der Waals surface area contributed by atoms with E-state index in [4.69, 9.17) is 5.73 Å². The summed E-state index contributed by atoms with van der Waals surface area (Å²) in [6.45, 7) is 1.59. The number of pyridine rings is 1. The first kappa shape index (κ1) is 9.18. The van der Waals surface area contributed by atoms with Gasteiger partial charge in [0, 0.05) is 18.0 Å². The Morgan fingerprint density at radius 3 is 2.69 bits per heavy atom. The summed E-state index contributed by atoms with van der Waals surface area (Å²) < 4.78 is 0. The minimum atomic E-state index is -0.299. The van der Waals surface area contributed by atoms with Crippen molar-refractivity contribution in [1.29, 1.82) is 0 Å². The molecule has 1 amide bonds. The van der Waals surface area contributed by atoms with Crippen LogP contribution in [0, 0.1) is 0 Å². The van der Waals surface area contributed by atoms with Crippen LogP contribution in [0.1, 0.15) is 17.3 Å². The van der Waals surface area contributed by atoms with Crippen molar-refractivity contribution in [1.82, 2.24) is 10.4 Å². The van der Waals surface area contributed by atoms with Crippen LogP contribution in [0.25, 0.3) is 0 Å². The van der Waals surface area contributed by atoms with Crippen molar-refractivity contribution in [3.05, 3.63) is 30.1 Å². The largest absolute Gasteiger partial charge is 0.386 e. The van der Waals surface area contributed by atoms with E-state index in [1.807, 2.05) is 0 Å². The van der Waals surface area contributed by atoms with E-state index in [0.717, 1.165) is 0 Å². The third-order valence-electron chi connectivity index (χ3n) is 1.28. The lowest BCUT2D eigenvalue weighted by atomic mass is 10.3. The van der Waals surface area contributed by atoms with Crippen molar-refractivity contribution < 1.29 is 4.79 Å². The number of rotatable bonds is 2. The first-order valence-corrected chi connectivity index (χ1v) is 3.70. The molecule has 0 spiro atoms. The summed E-state index contributed by atoms with van der Waals surface area (Å²) in [5.41, 5.74) is 8.04. The third-order valence-corrected chi connectivity index (χ3v) is 1.28. The van der Waals surface area contributed by atoms with Crippen LogP contribution >= 0.6 is 0 Å². The molecule has 5 nitrogen and oxygen atoms in total. The first-order valence-electron chi connectivity index (χ1n) is 3.70. The molecule has 0 fully saturated rings. The topological polar surface area (TPSA) is 80.4 Å². The molecule has 0 unspecified atom stereocenters. The number of nitrogens with two attached hydrogens (primary N) is 1. The Morgan fingerprint density at radius 2 is 2.15 bits per heavy atom. The molecule has 0 aliphatic rings. The van der Waals surface area contributed by atoms with Gasteiger partial charge in [-0.15, -0.1) is 0 Å². The highest BCUT2D eigenvalue weighted by atomic mass is 16.2. The lowest BCUT2D eigenvalue weighted by Gasteiger charge is -1.98. The minimum Gasteiger partial charge on any atom is -0.386 e. The zero-order valence-electron chi connectivity index (χ0n) is 7.19. The van der Waals surface area contributed by atoms with Crippen molar-refractivity contribution in [2.75, 3.05) is 0 Å². The maximum atomic E-state index is 11.2. The van der Waals surface area contributed by atoms with Crippen molar-refractivity contribution >= 4 is 11.7 Å². The Hall–Kier alpha value is -1.91. The van der Waals surface area contributed by atoms with E-state index in [9.17, 15) is 4.79 Å². The third kappa shape index (κ3) is 2.90. The van der Waals surface area contributed by atoms with E-state index in [1.165, 1.54) is 12.4 Å². The lowest BCUT2D eigenvalue weighted by Crippen LogP contribution is -2.21. The number of amidine groups is 1. The molecule has 0 saturated heterocycles. The van der Waals surface area contributed by atoms with Crippen LogP contribution in [0.15, 0.2) is 29.6 Å². The number of hydrogen-bond acceptors (Lipinski definition) is 3. The molecule has 0 bridgehead atoms. The molecular formula is C8H10N4O. The highest BCUT2D eigenvalue weighted by Crippen LogP contribution is 1.94. The molecule has 0 saturated carbocycles. The average molecular weight is 178 g/mol. The number of hydrogen-bond donors (Lipinski definition) is 2. The summed E-state index contributed by atoms with van der Waals surface area (Å²) in [4.78, 5) is 15.0. The van der Waals surface area contributed by atoms with Crippen LogP contribution in [0.2, 0.25) is 0 Å². The molecular weight excluding hydrogens is 168 g/mol.